The minimum absolute atomic E-state index is 0.0262. The Balaban J connectivity index is 1.62. The molecule has 2 saturated heterocycles. The van der Waals surface area contributed by atoms with Gasteiger partial charge in [0.15, 0.2) is 0 Å². The first-order chi connectivity index (χ1) is 12.1. The molecular weight excluding hydrogens is 318 g/mol. The smallest absolute Gasteiger partial charge is 0.233 e. The van der Waals surface area contributed by atoms with E-state index in [0.717, 1.165) is 50.1 Å². The van der Waals surface area contributed by atoms with Crippen LogP contribution in [0.3, 0.4) is 0 Å². The zero-order valence-corrected chi connectivity index (χ0v) is 14.8. The highest BCUT2D eigenvalue weighted by Crippen LogP contribution is 2.31. The molecule has 2 N–H and O–H groups in total. The molecule has 0 unspecified atom stereocenters. The summed E-state index contributed by atoms with van der Waals surface area (Å²) in [4.78, 5) is 26.4. The highest BCUT2D eigenvalue weighted by atomic mass is 16.5. The summed E-state index contributed by atoms with van der Waals surface area (Å²) in [5.74, 6) is 0.253. The number of carbonyl (C=O) groups excluding carboxylic acids is 2. The Morgan fingerprint density at radius 3 is 2.60 bits per heavy atom. The number of methoxy groups -OCH3 is 1. The first-order valence-corrected chi connectivity index (χ1v) is 9.01. The molecule has 0 atom stereocenters. The zero-order valence-electron chi connectivity index (χ0n) is 14.8. The molecule has 2 aliphatic heterocycles. The van der Waals surface area contributed by atoms with Crippen LogP contribution in [0.25, 0.3) is 0 Å². The molecule has 3 rings (SSSR count). The molecule has 2 aliphatic rings. The lowest BCUT2D eigenvalue weighted by atomic mass is 9.78. The average Bonchev–Trinajstić information content (AvgIpc) is 3.02. The molecule has 0 spiro atoms. The average molecular weight is 345 g/mol. The largest absolute Gasteiger partial charge is 0.384 e. The van der Waals surface area contributed by atoms with Gasteiger partial charge in [-0.3, -0.25) is 9.59 Å². The fourth-order valence-electron chi connectivity index (χ4n) is 3.67. The molecule has 0 saturated carbocycles. The van der Waals surface area contributed by atoms with Crippen molar-refractivity contribution in [1.82, 2.24) is 10.2 Å². The van der Waals surface area contributed by atoms with E-state index in [1.54, 1.807) is 7.11 Å². The van der Waals surface area contributed by atoms with Crippen molar-refractivity contribution in [1.29, 1.82) is 0 Å². The number of nitrogens with one attached hydrogen (secondary N) is 2. The van der Waals surface area contributed by atoms with Gasteiger partial charge in [0.2, 0.25) is 11.8 Å². The quantitative estimate of drug-likeness (QED) is 0.824. The monoisotopic (exact) mass is 345 g/mol. The third kappa shape index (κ3) is 4.19. The maximum atomic E-state index is 12.8. The van der Waals surface area contributed by atoms with Gasteiger partial charge in [-0.1, -0.05) is 12.1 Å². The van der Waals surface area contributed by atoms with Gasteiger partial charge >= 0.3 is 0 Å². The lowest BCUT2D eigenvalue weighted by Crippen LogP contribution is -2.47. The maximum absolute atomic E-state index is 12.8. The summed E-state index contributed by atoms with van der Waals surface area (Å²) in [7, 11) is 1.64. The topological polar surface area (TPSA) is 70.7 Å². The van der Waals surface area contributed by atoms with Crippen LogP contribution in [0.5, 0.6) is 0 Å². The summed E-state index contributed by atoms with van der Waals surface area (Å²) >= 11 is 0. The van der Waals surface area contributed by atoms with Gasteiger partial charge in [-0.15, -0.1) is 0 Å². The minimum Gasteiger partial charge on any atom is -0.384 e. The number of hydrogen-bond donors (Lipinski definition) is 2. The first-order valence-electron chi connectivity index (χ1n) is 9.01. The standard InChI is InChI=1S/C19H27N3O3/c1-25-14-19(8-10-20-11-9-19)18(24)21-16-6-4-15(5-7-16)13-22-12-2-3-17(22)23/h4-7,20H,2-3,8-14H2,1H3,(H,21,24). The van der Waals surface area contributed by atoms with Crippen molar-refractivity contribution in [3.05, 3.63) is 29.8 Å². The molecule has 0 radical (unpaired) electrons. The summed E-state index contributed by atoms with van der Waals surface area (Å²) in [6.45, 7) is 3.59. The lowest BCUT2D eigenvalue weighted by molar-refractivity contribution is -0.130. The van der Waals surface area contributed by atoms with Crippen molar-refractivity contribution in [3.63, 3.8) is 0 Å². The number of hydrogen-bond acceptors (Lipinski definition) is 4. The predicted octanol–water partition coefficient (Wildman–Crippen LogP) is 1.76. The zero-order chi connectivity index (χ0) is 17.7. The third-order valence-corrected chi connectivity index (χ3v) is 5.22. The summed E-state index contributed by atoms with van der Waals surface area (Å²) in [6, 6.07) is 7.78. The van der Waals surface area contributed by atoms with Crippen molar-refractivity contribution in [2.45, 2.75) is 32.2 Å². The number of anilines is 1. The first kappa shape index (κ1) is 17.9. The summed E-state index contributed by atoms with van der Waals surface area (Å²) < 4.78 is 5.32. The molecule has 0 aliphatic carbocycles. The van der Waals surface area contributed by atoms with Crippen molar-refractivity contribution in [2.75, 3.05) is 38.7 Å². The van der Waals surface area contributed by atoms with Crippen molar-refractivity contribution >= 4 is 17.5 Å². The number of ether oxygens (including phenoxy) is 1. The van der Waals surface area contributed by atoms with E-state index < -0.39 is 5.41 Å². The minimum atomic E-state index is -0.458. The molecule has 1 aromatic carbocycles. The van der Waals surface area contributed by atoms with E-state index in [4.69, 9.17) is 4.74 Å². The third-order valence-electron chi connectivity index (χ3n) is 5.22. The van der Waals surface area contributed by atoms with E-state index in [0.29, 0.717) is 19.6 Å². The second kappa shape index (κ2) is 7.97. The van der Waals surface area contributed by atoms with Gasteiger partial charge in [0.25, 0.3) is 0 Å². The molecule has 2 heterocycles. The Hall–Kier alpha value is -1.92. The van der Waals surface area contributed by atoms with Gasteiger partial charge in [-0.2, -0.15) is 0 Å². The normalized spacial score (nSPS) is 19.9. The Morgan fingerprint density at radius 2 is 2.00 bits per heavy atom. The van der Waals surface area contributed by atoms with E-state index in [9.17, 15) is 9.59 Å². The van der Waals surface area contributed by atoms with Crippen LogP contribution in [-0.4, -0.2) is 50.1 Å². The van der Waals surface area contributed by atoms with Crippen LogP contribution in [-0.2, 0) is 20.9 Å². The van der Waals surface area contributed by atoms with Crippen LogP contribution < -0.4 is 10.6 Å². The molecule has 2 fully saturated rings. The van der Waals surface area contributed by atoms with E-state index in [1.807, 2.05) is 29.2 Å². The number of piperidine rings is 1. The summed E-state index contributed by atoms with van der Waals surface area (Å²) in [6.07, 6.45) is 3.16. The van der Waals surface area contributed by atoms with E-state index in [-0.39, 0.29) is 11.8 Å². The maximum Gasteiger partial charge on any atom is 0.233 e. The summed E-state index contributed by atoms with van der Waals surface area (Å²) in [5, 5.41) is 6.33. The van der Waals surface area contributed by atoms with Crippen LogP contribution in [0.1, 0.15) is 31.2 Å². The molecule has 2 amide bonds. The van der Waals surface area contributed by atoms with Gasteiger partial charge in [0, 0.05) is 32.3 Å². The molecule has 0 bridgehead atoms. The highest BCUT2D eigenvalue weighted by Gasteiger charge is 2.39. The fraction of sp³-hybridized carbons (Fsp3) is 0.579. The number of likely N-dealkylation sites (tertiary alicyclic amines) is 1. The van der Waals surface area contributed by atoms with Crippen molar-refractivity contribution in [2.24, 2.45) is 5.41 Å². The number of rotatable bonds is 6. The summed E-state index contributed by atoms with van der Waals surface area (Å²) in [5.41, 5.74) is 1.41. The van der Waals surface area contributed by atoms with Crippen LogP contribution >= 0.6 is 0 Å². The molecule has 6 nitrogen and oxygen atoms in total. The van der Waals surface area contributed by atoms with Gasteiger partial charge in [0.05, 0.1) is 12.0 Å². The SMILES string of the molecule is COCC1(C(=O)Nc2ccc(CN3CCCC3=O)cc2)CCNCC1. The van der Waals surface area contributed by atoms with Crippen LogP contribution in [0.15, 0.2) is 24.3 Å². The number of amides is 2. The van der Waals surface area contributed by atoms with Crippen molar-refractivity contribution < 1.29 is 14.3 Å². The molecule has 6 heteroatoms. The number of nitrogens with zero attached hydrogens (tertiary/aromatic N) is 1. The number of carbonyl (C=O) groups is 2. The molecule has 25 heavy (non-hydrogen) atoms. The Kier molecular flexibility index (Phi) is 5.71. The predicted molar refractivity (Wildman–Crippen MR) is 96.1 cm³/mol. The Labute approximate surface area is 148 Å². The van der Waals surface area contributed by atoms with Crippen LogP contribution in [0.2, 0.25) is 0 Å². The van der Waals surface area contributed by atoms with E-state index >= 15 is 0 Å². The van der Waals surface area contributed by atoms with Gasteiger partial charge in [-0.25, -0.2) is 0 Å². The molecule has 1 aromatic rings. The molecular formula is C19H27N3O3. The number of benzene rings is 1. The van der Waals surface area contributed by atoms with E-state index in [2.05, 4.69) is 10.6 Å². The van der Waals surface area contributed by atoms with Crippen LogP contribution in [0.4, 0.5) is 5.69 Å². The van der Waals surface area contributed by atoms with Crippen LogP contribution in [0, 0.1) is 5.41 Å². The molecule has 0 aromatic heterocycles. The lowest BCUT2D eigenvalue weighted by Gasteiger charge is -2.35. The van der Waals surface area contributed by atoms with Gasteiger partial charge in [0.1, 0.15) is 0 Å². The highest BCUT2D eigenvalue weighted by molar-refractivity contribution is 5.95. The Morgan fingerprint density at radius 1 is 1.28 bits per heavy atom. The van der Waals surface area contributed by atoms with Crippen molar-refractivity contribution in [3.8, 4) is 0 Å². The fourth-order valence-corrected chi connectivity index (χ4v) is 3.67. The Bertz CT molecular complexity index is 603. The molecule has 136 valence electrons. The second-order valence-electron chi connectivity index (χ2n) is 7.03. The van der Waals surface area contributed by atoms with Gasteiger partial charge < -0.3 is 20.3 Å². The second-order valence-corrected chi connectivity index (χ2v) is 7.03. The van der Waals surface area contributed by atoms with Gasteiger partial charge in [-0.05, 0) is 50.0 Å². The van der Waals surface area contributed by atoms with E-state index in [1.165, 1.54) is 0 Å².